The molecule has 0 unspecified atom stereocenters. The van der Waals surface area contributed by atoms with Crippen LogP contribution in [0.4, 0.5) is 19.3 Å². The highest BCUT2D eigenvalue weighted by Gasteiger charge is 2.07. The van der Waals surface area contributed by atoms with E-state index in [4.69, 9.17) is 9.47 Å². The zero-order chi connectivity index (χ0) is 17.5. The number of rotatable bonds is 6. The Morgan fingerprint density at radius 2 is 1.92 bits per heavy atom. The number of amides is 2. The molecule has 0 atom stereocenters. The van der Waals surface area contributed by atoms with Crippen molar-refractivity contribution in [2.24, 2.45) is 0 Å². The summed E-state index contributed by atoms with van der Waals surface area (Å²) in [7, 11) is 1.52. The molecule has 5 nitrogen and oxygen atoms in total. The fraction of sp³-hybridized carbons (Fsp3) is 0.235. The molecule has 2 rings (SSSR count). The first kappa shape index (κ1) is 17.5. The number of carbonyl (C=O) groups is 1. The maximum atomic E-state index is 13.0. The van der Waals surface area contributed by atoms with Gasteiger partial charge >= 0.3 is 6.03 Å². The summed E-state index contributed by atoms with van der Waals surface area (Å²) >= 11 is 0. The van der Waals surface area contributed by atoms with E-state index >= 15 is 0 Å². The Hall–Kier alpha value is -2.83. The molecule has 0 bridgehead atoms. The summed E-state index contributed by atoms with van der Waals surface area (Å²) in [4.78, 5) is 11.9. The third kappa shape index (κ3) is 4.84. The summed E-state index contributed by atoms with van der Waals surface area (Å²) in [6.45, 7) is 2.21. The van der Waals surface area contributed by atoms with Crippen molar-refractivity contribution in [1.29, 1.82) is 0 Å². The van der Waals surface area contributed by atoms with Gasteiger partial charge in [-0.05, 0) is 36.8 Å². The Morgan fingerprint density at radius 3 is 2.62 bits per heavy atom. The number of hydrogen-bond acceptors (Lipinski definition) is 3. The lowest BCUT2D eigenvalue weighted by Gasteiger charge is -2.12. The predicted molar refractivity (Wildman–Crippen MR) is 86.6 cm³/mol. The van der Waals surface area contributed by atoms with Crippen molar-refractivity contribution in [2.45, 2.75) is 6.92 Å². The third-order valence-corrected chi connectivity index (χ3v) is 3.15. The molecule has 0 aliphatic carbocycles. The molecular formula is C17H18F2N2O3. The van der Waals surface area contributed by atoms with E-state index in [9.17, 15) is 13.6 Å². The average Bonchev–Trinajstić information content (AvgIpc) is 2.55. The molecule has 0 aliphatic rings. The van der Waals surface area contributed by atoms with Gasteiger partial charge in [0.1, 0.15) is 18.1 Å². The lowest BCUT2D eigenvalue weighted by molar-refractivity contribution is 0.247. The molecule has 0 aliphatic heterocycles. The summed E-state index contributed by atoms with van der Waals surface area (Å²) in [6.07, 6.45) is 0. The maximum absolute atomic E-state index is 13.0. The molecule has 0 saturated carbocycles. The predicted octanol–water partition coefficient (Wildman–Crippen LogP) is 3.48. The van der Waals surface area contributed by atoms with Gasteiger partial charge in [-0.2, -0.15) is 0 Å². The van der Waals surface area contributed by atoms with Gasteiger partial charge in [-0.1, -0.05) is 6.07 Å². The Kier molecular flexibility index (Phi) is 5.95. The minimum absolute atomic E-state index is 0.115. The van der Waals surface area contributed by atoms with Crippen LogP contribution in [0.25, 0.3) is 0 Å². The van der Waals surface area contributed by atoms with Crippen LogP contribution in [-0.2, 0) is 0 Å². The van der Waals surface area contributed by atoms with E-state index in [1.54, 1.807) is 12.1 Å². The number of ether oxygens (including phenoxy) is 2. The second-order valence-electron chi connectivity index (χ2n) is 5.01. The number of urea groups is 1. The van der Waals surface area contributed by atoms with Crippen molar-refractivity contribution < 1.29 is 23.0 Å². The van der Waals surface area contributed by atoms with Crippen molar-refractivity contribution in [3.8, 4) is 11.5 Å². The van der Waals surface area contributed by atoms with Crippen LogP contribution in [0.2, 0.25) is 0 Å². The van der Waals surface area contributed by atoms with E-state index in [1.165, 1.54) is 13.2 Å². The second kappa shape index (κ2) is 8.14. The number of nitrogens with one attached hydrogen (secondary N) is 2. The molecule has 0 aromatic heterocycles. The van der Waals surface area contributed by atoms with E-state index in [0.29, 0.717) is 11.4 Å². The molecule has 0 saturated heterocycles. The van der Waals surface area contributed by atoms with Crippen LogP contribution in [0.1, 0.15) is 5.56 Å². The molecule has 128 valence electrons. The van der Waals surface area contributed by atoms with Crippen molar-refractivity contribution in [3.63, 3.8) is 0 Å². The summed E-state index contributed by atoms with van der Waals surface area (Å²) in [5.41, 5.74) is 1.53. The molecule has 0 spiro atoms. The van der Waals surface area contributed by atoms with Crippen molar-refractivity contribution >= 4 is 11.7 Å². The average molecular weight is 336 g/mol. The first-order valence-corrected chi connectivity index (χ1v) is 7.27. The topological polar surface area (TPSA) is 59.6 Å². The highest BCUT2D eigenvalue weighted by atomic mass is 19.2. The molecule has 2 aromatic rings. The normalized spacial score (nSPS) is 10.2. The van der Waals surface area contributed by atoms with Crippen LogP contribution in [0.15, 0.2) is 36.4 Å². The monoisotopic (exact) mass is 336 g/mol. The van der Waals surface area contributed by atoms with Gasteiger partial charge in [0.2, 0.25) is 0 Å². The van der Waals surface area contributed by atoms with E-state index in [-0.39, 0.29) is 18.9 Å². The highest BCUT2D eigenvalue weighted by Crippen LogP contribution is 2.24. The van der Waals surface area contributed by atoms with E-state index in [2.05, 4.69) is 10.6 Å². The van der Waals surface area contributed by atoms with E-state index in [1.807, 2.05) is 13.0 Å². The first-order chi connectivity index (χ1) is 11.5. The third-order valence-electron chi connectivity index (χ3n) is 3.15. The Morgan fingerprint density at radius 1 is 1.12 bits per heavy atom. The Bertz CT molecular complexity index is 723. The van der Waals surface area contributed by atoms with Gasteiger partial charge in [-0.15, -0.1) is 0 Å². The van der Waals surface area contributed by atoms with Crippen molar-refractivity contribution in [3.05, 3.63) is 53.6 Å². The van der Waals surface area contributed by atoms with Crippen LogP contribution in [0.3, 0.4) is 0 Å². The first-order valence-electron chi connectivity index (χ1n) is 7.27. The fourth-order valence-corrected chi connectivity index (χ4v) is 1.99. The molecule has 0 fully saturated rings. The minimum Gasteiger partial charge on any atom is -0.495 e. The Balaban J connectivity index is 1.79. The molecule has 0 heterocycles. The summed E-state index contributed by atoms with van der Waals surface area (Å²) in [5, 5.41) is 5.28. The summed E-state index contributed by atoms with van der Waals surface area (Å²) < 4.78 is 36.2. The molecule has 24 heavy (non-hydrogen) atoms. The van der Waals surface area contributed by atoms with Gasteiger partial charge in [-0.3, -0.25) is 0 Å². The van der Waals surface area contributed by atoms with Gasteiger partial charge in [0.05, 0.1) is 19.3 Å². The van der Waals surface area contributed by atoms with Crippen LogP contribution in [-0.4, -0.2) is 26.3 Å². The molecule has 7 heteroatoms. The minimum atomic E-state index is -0.982. The molecule has 2 N–H and O–H groups in total. The zero-order valence-corrected chi connectivity index (χ0v) is 13.4. The number of hydrogen-bond donors (Lipinski definition) is 2. The largest absolute Gasteiger partial charge is 0.495 e. The molecular weight excluding hydrogens is 318 g/mol. The van der Waals surface area contributed by atoms with E-state index < -0.39 is 17.7 Å². The lowest BCUT2D eigenvalue weighted by Crippen LogP contribution is -2.32. The number of carbonyl (C=O) groups excluding carboxylic acids is 1. The summed E-state index contributed by atoms with van der Waals surface area (Å²) in [5.74, 6) is -1.18. The highest BCUT2D eigenvalue weighted by molar-refractivity contribution is 5.91. The molecule has 2 aromatic carbocycles. The van der Waals surface area contributed by atoms with E-state index in [0.717, 1.165) is 17.7 Å². The lowest BCUT2D eigenvalue weighted by atomic mass is 10.2. The van der Waals surface area contributed by atoms with Crippen LogP contribution >= 0.6 is 0 Å². The summed E-state index contributed by atoms with van der Waals surface area (Å²) in [6, 6.07) is 8.25. The molecule has 2 amide bonds. The van der Waals surface area contributed by atoms with Gasteiger partial charge in [0, 0.05) is 6.07 Å². The standard InChI is InChI=1S/C17H18F2N2O3/c1-11-3-6-16(23-2)15(9-11)21-17(22)20-7-8-24-12-4-5-13(18)14(19)10-12/h3-6,9-10H,7-8H2,1-2H3,(H2,20,21,22). The van der Waals surface area contributed by atoms with Crippen molar-refractivity contribution in [1.82, 2.24) is 5.32 Å². The van der Waals surface area contributed by atoms with Crippen LogP contribution < -0.4 is 20.1 Å². The second-order valence-corrected chi connectivity index (χ2v) is 5.01. The van der Waals surface area contributed by atoms with Crippen molar-refractivity contribution in [2.75, 3.05) is 25.6 Å². The number of benzene rings is 2. The Labute approximate surface area is 138 Å². The van der Waals surface area contributed by atoms with Gasteiger partial charge < -0.3 is 20.1 Å². The van der Waals surface area contributed by atoms with Gasteiger partial charge in [0.15, 0.2) is 11.6 Å². The smallest absolute Gasteiger partial charge is 0.319 e. The number of aryl methyl sites for hydroxylation is 1. The number of methoxy groups -OCH3 is 1. The number of anilines is 1. The zero-order valence-electron chi connectivity index (χ0n) is 13.4. The number of halogens is 2. The van der Waals surface area contributed by atoms with Crippen LogP contribution in [0, 0.1) is 18.6 Å². The molecule has 0 radical (unpaired) electrons. The maximum Gasteiger partial charge on any atom is 0.319 e. The quantitative estimate of drug-likeness (QED) is 0.794. The fourth-order valence-electron chi connectivity index (χ4n) is 1.99. The van der Waals surface area contributed by atoms with Crippen LogP contribution in [0.5, 0.6) is 11.5 Å². The SMILES string of the molecule is COc1ccc(C)cc1NC(=O)NCCOc1ccc(F)c(F)c1. The van der Waals surface area contributed by atoms with Gasteiger partial charge in [-0.25, -0.2) is 13.6 Å². The van der Waals surface area contributed by atoms with Gasteiger partial charge in [0.25, 0.3) is 0 Å².